The lowest BCUT2D eigenvalue weighted by atomic mass is 9.88. The smallest absolute Gasteiger partial charge is 0.328 e. The van der Waals surface area contributed by atoms with Crippen LogP contribution in [-0.4, -0.2) is 59.1 Å². The van der Waals surface area contributed by atoms with Crippen molar-refractivity contribution in [1.29, 1.82) is 0 Å². The Bertz CT molecular complexity index is 1320. The Balaban J connectivity index is 1.50. The van der Waals surface area contributed by atoms with Crippen LogP contribution in [0.5, 0.6) is 0 Å². The van der Waals surface area contributed by atoms with E-state index in [2.05, 4.69) is 25.5 Å². The molecule has 13 heteroatoms. The summed E-state index contributed by atoms with van der Waals surface area (Å²) in [4.78, 5) is 1.36. The van der Waals surface area contributed by atoms with Crippen molar-refractivity contribution in [1.82, 2.24) is 25.5 Å². The number of hydrogen-bond donors (Lipinski definition) is 3. The van der Waals surface area contributed by atoms with Gasteiger partial charge in [0.15, 0.2) is 5.82 Å². The summed E-state index contributed by atoms with van der Waals surface area (Å²) in [6.07, 6.45) is -1.76. The Morgan fingerprint density at radius 2 is 1.77 bits per heavy atom. The first-order valence-electron chi connectivity index (χ1n) is 11.1. The van der Waals surface area contributed by atoms with Crippen LogP contribution in [0.15, 0.2) is 41.3 Å². The minimum atomic E-state index is -4.95. The molecule has 1 saturated carbocycles. The molecule has 5 N–H and O–H groups in total. The lowest BCUT2D eigenvalue weighted by Crippen LogP contribution is -2.50. The highest BCUT2D eigenvalue weighted by molar-refractivity contribution is 7.89. The molecule has 0 radical (unpaired) electrons. The van der Waals surface area contributed by atoms with Crippen molar-refractivity contribution >= 4 is 10.0 Å². The number of sulfonamides is 1. The van der Waals surface area contributed by atoms with Crippen molar-refractivity contribution in [2.45, 2.75) is 48.3 Å². The first-order chi connectivity index (χ1) is 16.5. The van der Waals surface area contributed by atoms with E-state index in [9.17, 15) is 21.6 Å². The van der Waals surface area contributed by atoms with E-state index >= 15 is 0 Å². The number of primary sulfonamides is 1. The molecule has 2 fully saturated rings. The number of likely N-dealkylation sites (tertiary alicyclic amines) is 1. The largest absolute Gasteiger partial charge is 0.417 e. The van der Waals surface area contributed by atoms with Gasteiger partial charge < -0.3 is 5.73 Å². The number of H-pyrrole nitrogens is 1. The Hall–Kier alpha value is -2.87. The lowest BCUT2D eigenvalue weighted by Gasteiger charge is -2.43. The number of rotatable bonds is 5. The zero-order valence-electron chi connectivity index (χ0n) is 18.5. The van der Waals surface area contributed by atoms with E-state index in [0.29, 0.717) is 23.6 Å². The maximum absolute atomic E-state index is 13.7. The summed E-state index contributed by atoms with van der Waals surface area (Å²) in [5.41, 5.74) is 6.15. The Morgan fingerprint density at radius 1 is 1.06 bits per heavy atom. The second kappa shape index (κ2) is 8.66. The molecule has 0 amide bonds. The van der Waals surface area contributed by atoms with E-state index < -0.39 is 26.7 Å². The van der Waals surface area contributed by atoms with E-state index in [4.69, 9.17) is 10.9 Å². The van der Waals surface area contributed by atoms with Crippen LogP contribution in [-0.2, 0) is 16.2 Å². The third-order valence-electron chi connectivity index (χ3n) is 6.89. The van der Waals surface area contributed by atoms with E-state index in [1.165, 1.54) is 6.07 Å². The first kappa shape index (κ1) is 23.9. The molecule has 1 aliphatic carbocycles. The fraction of sp³-hybridized carbons (Fsp3) is 0.409. The normalized spacial score (nSPS) is 21.9. The van der Waals surface area contributed by atoms with E-state index in [1.807, 2.05) is 12.1 Å². The molecular weight excluding hydrogens is 483 g/mol. The van der Waals surface area contributed by atoms with Gasteiger partial charge in [-0.1, -0.05) is 30.3 Å². The van der Waals surface area contributed by atoms with Crippen LogP contribution in [0.4, 0.5) is 13.2 Å². The van der Waals surface area contributed by atoms with Crippen LogP contribution in [0.3, 0.4) is 0 Å². The molecule has 0 spiro atoms. The summed E-state index contributed by atoms with van der Waals surface area (Å²) < 4.78 is 65.7. The predicted molar refractivity (Wildman–Crippen MR) is 121 cm³/mol. The number of aromatic nitrogens is 4. The lowest BCUT2D eigenvalue weighted by molar-refractivity contribution is -0.139. The number of aromatic amines is 1. The fourth-order valence-corrected chi connectivity index (χ4v) is 6.10. The summed E-state index contributed by atoms with van der Waals surface area (Å²) in [6, 6.07) is 10.1. The molecule has 1 aliphatic heterocycles. The van der Waals surface area contributed by atoms with Gasteiger partial charge in [0.05, 0.1) is 5.56 Å². The first-order valence-corrected chi connectivity index (χ1v) is 12.7. The van der Waals surface area contributed by atoms with E-state index in [0.717, 1.165) is 37.9 Å². The summed E-state index contributed by atoms with van der Waals surface area (Å²) in [6.45, 7) is 1.86. The molecule has 0 bridgehead atoms. The van der Waals surface area contributed by atoms with Crippen molar-refractivity contribution in [2.24, 2.45) is 10.9 Å². The number of alkyl halides is 3. The molecule has 35 heavy (non-hydrogen) atoms. The van der Waals surface area contributed by atoms with Gasteiger partial charge in [-0.3, -0.25) is 4.90 Å². The molecule has 9 nitrogen and oxygen atoms in total. The van der Waals surface area contributed by atoms with Gasteiger partial charge in [-0.25, -0.2) is 18.7 Å². The molecular formula is C22H24F3N7O2S. The topological polar surface area (TPSA) is 144 Å². The van der Waals surface area contributed by atoms with Crippen LogP contribution < -0.4 is 10.9 Å². The van der Waals surface area contributed by atoms with Gasteiger partial charge in [0.25, 0.3) is 0 Å². The van der Waals surface area contributed by atoms with Crippen molar-refractivity contribution in [2.75, 3.05) is 13.1 Å². The molecule has 2 heterocycles. The third kappa shape index (κ3) is 4.56. The Kier molecular flexibility index (Phi) is 5.90. The van der Waals surface area contributed by atoms with Crippen LogP contribution in [0.1, 0.15) is 36.3 Å². The Morgan fingerprint density at radius 3 is 2.31 bits per heavy atom. The SMILES string of the molecule is NC1CCC(N2CC(c3ccc(-c4ccc(C(F)(F)F)c(S(N)(=O)=O)c4-c4nnn[nH]4)cc3)C2)C1. The number of halogens is 3. The molecule has 5 rings (SSSR count). The van der Waals surface area contributed by atoms with Crippen molar-refractivity contribution in [3.63, 3.8) is 0 Å². The molecule has 186 valence electrons. The molecule has 3 aromatic rings. The second-order valence-corrected chi connectivity index (χ2v) is 10.7. The van der Waals surface area contributed by atoms with E-state index in [-0.39, 0.29) is 23.0 Å². The molecule has 2 aromatic carbocycles. The highest BCUT2D eigenvalue weighted by Crippen LogP contribution is 2.43. The standard InChI is InChI=1S/C22H24F3N7O2S/c23-22(24,25)18-8-7-17(19(20(18)35(27,33)34)21-28-30-31-29-21)13-3-1-12(2-4-13)14-10-32(11-14)16-6-5-15(26)9-16/h1-4,7-8,14-16H,5-6,9-11,26H2,(H2,27,33,34)(H,28,29,30,31). The molecule has 1 saturated heterocycles. The fourth-order valence-electron chi connectivity index (χ4n) is 5.12. The van der Waals surface area contributed by atoms with Crippen molar-refractivity contribution < 1.29 is 21.6 Å². The summed E-state index contributed by atoms with van der Waals surface area (Å²) in [5, 5.41) is 18.1. The highest BCUT2D eigenvalue weighted by Gasteiger charge is 2.40. The third-order valence-corrected chi connectivity index (χ3v) is 7.89. The van der Waals surface area contributed by atoms with Crippen LogP contribution in [0.25, 0.3) is 22.5 Å². The monoisotopic (exact) mass is 507 g/mol. The number of benzene rings is 2. The molecule has 2 unspecified atom stereocenters. The number of nitrogens with two attached hydrogens (primary N) is 2. The van der Waals surface area contributed by atoms with Crippen LogP contribution in [0, 0.1) is 0 Å². The van der Waals surface area contributed by atoms with Crippen LogP contribution >= 0.6 is 0 Å². The zero-order valence-corrected chi connectivity index (χ0v) is 19.4. The Labute approximate surface area is 199 Å². The maximum atomic E-state index is 13.7. The summed E-state index contributed by atoms with van der Waals surface area (Å²) >= 11 is 0. The average Bonchev–Trinajstić information content (AvgIpc) is 3.43. The molecule has 2 aliphatic rings. The summed E-state index contributed by atoms with van der Waals surface area (Å²) in [5.74, 6) is 0.120. The van der Waals surface area contributed by atoms with Crippen molar-refractivity contribution in [3.8, 4) is 22.5 Å². The molecule has 1 aromatic heterocycles. The number of nitrogens with zero attached hydrogens (tertiary/aromatic N) is 4. The summed E-state index contributed by atoms with van der Waals surface area (Å²) in [7, 11) is -4.79. The van der Waals surface area contributed by atoms with Gasteiger partial charge in [-0.2, -0.15) is 13.2 Å². The minimum Gasteiger partial charge on any atom is -0.328 e. The minimum absolute atomic E-state index is 0.210. The second-order valence-electron chi connectivity index (χ2n) is 9.16. The highest BCUT2D eigenvalue weighted by atomic mass is 32.2. The maximum Gasteiger partial charge on any atom is 0.417 e. The number of nitrogens with one attached hydrogen (secondary N) is 1. The quantitative estimate of drug-likeness (QED) is 0.481. The van der Waals surface area contributed by atoms with Gasteiger partial charge in [0, 0.05) is 36.7 Å². The van der Waals surface area contributed by atoms with Crippen LogP contribution in [0.2, 0.25) is 0 Å². The van der Waals surface area contributed by atoms with Crippen molar-refractivity contribution in [3.05, 3.63) is 47.5 Å². The number of hydrogen-bond acceptors (Lipinski definition) is 7. The van der Waals surface area contributed by atoms with Gasteiger partial charge in [-0.15, -0.1) is 5.10 Å². The predicted octanol–water partition coefficient (Wildman–Crippen LogP) is 2.48. The molecule has 2 atom stereocenters. The van der Waals surface area contributed by atoms with Gasteiger partial charge in [0.1, 0.15) is 4.90 Å². The zero-order chi connectivity index (χ0) is 25.0. The van der Waals surface area contributed by atoms with E-state index in [1.54, 1.807) is 12.1 Å². The average molecular weight is 508 g/mol. The number of tetrazole rings is 1. The van der Waals surface area contributed by atoms with Gasteiger partial charge in [-0.05, 0) is 52.4 Å². The van der Waals surface area contributed by atoms with Gasteiger partial charge in [0.2, 0.25) is 10.0 Å². The van der Waals surface area contributed by atoms with Gasteiger partial charge >= 0.3 is 6.18 Å².